The number of piperidine rings is 1. The van der Waals surface area contributed by atoms with E-state index in [-0.39, 0.29) is 11.7 Å². The number of halogens is 1. The summed E-state index contributed by atoms with van der Waals surface area (Å²) in [4.78, 5) is 19.5. The molecule has 4 rings (SSSR count). The summed E-state index contributed by atoms with van der Waals surface area (Å²) in [5, 5.41) is 4.12. The van der Waals surface area contributed by atoms with Gasteiger partial charge in [0, 0.05) is 24.2 Å². The summed E-state index contributed by atoms with van der Waals surface area (Å²) < 4.78 is 18.7. The molecule has 2 aromatic carbocycles. The lowest BCUT2D eigenvalue weighted by Gasteiger charge is -2.26. The smallest absolute Gasteiger partial charge is 0.272 e. The Labute approximate surface area is 163 Å². The van der Waals surface area contributed by atoms with Crippen LogP contribution in [0.4, 0.5) is 15.8 Å². The molecule has 0 aliphatic carbocycles. The van der Waals surface area contributed by atoms with Gasteiger partial charge in [-0.2, -0.15) is 0 Å². The number of nitrogens with zero attached hydrogens (tertiary/aromatic N) is 2. The van der Waals surface area contributed by atoms with Gasteiger partial charge in [-0.25, -0.2) is 9.37 Å². The Morgan fingerprint density at radius 3 is 2.57 bits per heavy atom. The molecule has 1 aromatic heterocycles. The molecule has 1 aliphatic heterocycles. The van der Waals surface area contributed by atoms with Crippen molar-refractivity contribution < 1.29 is 13.9 Å². The number of fused-ring (bicyclic) bond motifs is 1. The number of anilines is 2. The number of ether oxygens (including phenoxy) is 1. The Hall–Kier alpha value is -3.15. The highest BCUT2D eigenvalue weighted by Gasteiger charge is 2.21. The van der Waals surface area contributed by atoms with E-state index < -0.39 is 0 Å². The first kappa shape index (κ1) is 18.2. The first-order valence-corrected chi connectivity index (χ1v) is 9.45. The van der Waals surface area contributed by atoms with E-state index in [1.54, 1.807) is 25.3 Å². The fraction of sp³-hybridized carbons (Fsp3) is 0.273. The number of benzene rings is 2. The zero-order valence-electron chi connectivity index (χ0n) is 15.7. The van der Waals surface area contributed by atoms with Crippen LogP contribution in [0.15, 0.2) is 48.5 Å². The van der Waals surface area contributed by atoms with E-state index >= 15 is 0 Å². The summed E-state index contributed by atoms with van der Waals surface area (Å²) in [5.74, 6) is 0.232. The summed E-state index contributed by atoms with van der Waals surface area (Å²) in [6.45, 7) is 1.51. The first-order chi connectivity index (χ1) is 13.7. The highest BCUT2D eigenvalue weighted by Crippen LogP contribution is 2.32. The maximum absolute atomic E-state index is 13.2. The number of carbonyl (C=O) groups is 1. The number of rotatable bonds is 4. The van der Waals surface area contributed by atoms with Crippen LogP contribution in [0.3, 0.4) is 0 Å². The molecular formula is C22H22FN3O2. The van der Waals surface area contributed by atoms with E-state index in [1.807, 2.05) is 23.1 Å². The van der Waals surface area contributed by atoms with Crippen molar-refractivity contribution in [1.82, 2.24) is 9.88 Å². The third-order valence-corrected chi connectivity index (χ3v) is 5.01. The molecule has 6 heteroatoms. The second kappa shape index (κ2) is 7.84. The van der Waals surface area contributed by atoms with Crippen LogP contribution in [0.2, 0.25) is 0 Å². The second-order valence-electron chi connectivity index (χ2n) is 6.90. The summed E-state index contributed by atoms with van der Waals surface area (Å²) >= 11 is 0. The van der Waals surface area contributed by atoms with Crippen LogP contribution >= 0.6 is 0 Å². The molecule has 1 N–H and O–H groups in total. The minimum Gasteiger partial charge on any atom is -0.494 e. The fourth-order valence-electron chi connectivity index (χ4n) is 3.55. The maximum Gasteiger partial charge on any atom is 0.272 e. The van der Waals surface area contributed by atoms with E-state index in [2.05, 4.69) is 10.3 Å². The molecule has 1 fully saturated rings. The lowest BCUT2D eigenvalue weighted by molar-refractivity contribution is 0.0719. The van der Waals surface area contributed by atoms with Gasteiger partial charge >= 0.3 is 0 Å². The number of likely N-dealkylation sites (tertiary alicyclic amines) is 1. The van der Waals surface area contributed by atoms with E-state index in [9.17, 15) is 9.18 Å². The zero-order chi connectivity index (χ0) is 19.5. The van der Waals surface area contributed by atoms with Gasteiger partial charge in [0.25, 0.3) is 5.91 Å². The van der Waals surface area contributed by atoms with Crippen molar-refractivity contribution in [2.75, 3.05) is 25.5 Å². The predicted octanol–water partition coefficient (Wildman–Crippen LogP) is 4.75. The number of aromatic nitrogens is 1. The van der Waals surface area contributed by atoms with E-state index in [0.29, 0.717) is 17.0 Å². The van der Waals surface area contributed by atoms with Crippen LogP contribution in [0, 0.1) is 5.82 Å². The lowest BCUT2D eigenvalue weighted by atomic mass is 10.1. The van der Waals surface area contributed by atoms with Gasteiger partial charge in [-0.05, 0) is 55.7 Å². The Kier molecular flexibility index (Phi) is 5.10. The lowest BCUT2D eigenvalue weighted by Crippen LogP contribution is -2.36. The molecule has 5 nitrogen and oxygen atoms in total. The number of nitrogens with one attached hydrogen (secondary N) is 1. The maximum atomic E-state index is 13.2. The van der Waals surface area contributed by atoms with Crippen molar-refractivity contribution in [3.63, 3.8) is 0 Å². The first-order valence-electron chi connectivity index (χ1n) is 9.45. The molecule has 0 atom stereocenters. The van der Waals surface area contributed by atoms with Crippen molar-refractivity contribution >= 4 is 28.2 Å². The number of pyridine rings is 1. The van der Waals surface area contributed by atoms with Gasteiger partial charge in [0.05, 0.1) is 12.8 Å². The van der Waals surface area contributed by atoms with Crippen LogP contribution in [0.1, 0.15) is 29.8 Å². The van der Waals surface area contributed by atoms with Crippen LogP contribution in [0.25, 0.3) is 10.9 Å². The molecule has 1 saturated heterocycles. The topological polar surface area (TPSA) is 54.5 Å². The van der Waals surface area contributed by atoms with Crippen LogP contribution in [-0.2, 0) is 0 Å². The molecule has 144 valence electrons. The van der Waals surface area contributed by atoms with Gasteiger partial charge < -0.3 is 15.0 Å². The Bertz CT molecular complexity index is 999. The van der Waals surface area contributed by atoms with E-state index in [1.165, 1.54) is 12.1 Å². The largest absolute Gasteiger partial charge is 0.494 e. The monoisotopic (exact) mass is 379 g/mol. The van der Waals surface area contributed by atoms with Crippen molar-refractivity contribution in [3.05, 3.63) is 60.0 Å². The van der Waals surface area contributed by atoms with Crippen LogP contribution in [-0.4, -0.2) is 36.0 Å². The molecule has 1 amide bonds. The standard InChI is InChI=1S/C22H22FN3O2/c1-28-20-7-5-6-17-18(24-16-10-8-15(23)9-11-16)14-19(25-21(17)20)22(27)26-12-3-2-4-13-26/h5-11,14H,2-4,12-13H2,1H3,(H,24,25). The highest BCUT2D eigenvalue weighted by molar-refractivity contribution is 6.02. The molecule has 2 heterocycles. The number of methoxy groups -OCH3 is 1. The highest BCUT2D eigenvalue weighted by atomic mass is 19.1. The van der Waals surface area contributed by atoms with E-state index in [4.69, 9.17) is 4.74 Å². The second-order valence-corrected chi connectivity index (χ2v) is 6.90. The predicted molar refractivity (Wildman–Crippen MR) is 108 cm³/mol. The molecule has 0 saturated carbocycles. The van der Waals surface area contributed by atoms with Crippen molar-refractivity contribution in [2.24, 2.45) is 0 Å². The molecule has 1 aliphatic rings. The number of para-hydroxylation sites is 1. The van der Waals surface area contributed by atoms with Crippen molar-refractivity contribution in [3.8, 4) is 5.75 Å². The Morgan fingerprint density at radius 1 is 1.11 bits per heavy atom. The van der Waals surface area contributed by atoms with Crippen LogP contribution in [0.5, 0.6) is 5.75 Å². The van der Waals surface area contributed by atoms with E-state index in [0.717, 1.165) is 49.1 Å². The van der Waals surface area contributed by atoms with Gasteiger partial charge in [-0.15, -0.1) is 0 Å². The minimum absolute atomic E-state index is 0.0744. The molecule has 0 spiro atoms. The van der Waals surface area contributed by atoms with Gasteiger partial charge in [-0.1, -0.05) is 12.1 Å². The number of amides is 1. The summed E-state index contributed by atoms with van der Waals surface area (Å²) in [7, 11) is 1.59. The SMILES string of the molecule is COc1cccc2c(Nc3ccc(F)cc3)cc(C(=O)N3CCCCC3)nc12. The summed E-state index contributed by atoms with van der Waals surface area (Å²) in [6.07, 6.45) is 3.19. The Morgan fingerprint density at radius 2 is 1.86 bits per heavy atom. The third-order valence-electron chi connectivity index (χ3n) is 5.01. The summed E-state index contributed by atoms with van der Waals surface area (Å²) in [6, 6.07) is 13.5. The van der Waals surface area contributed by atoms with Crippen molar-refractivity contribution in [1.29, 1.82) is 0 Å². The molecule has 28 heavy (non-hydrogen) atoms. The quantitative estimate of drug-likeness (QED) is 0.711. The number of carbonyl (C=O) groups excluding carboxylic acids is 1. The minimum atomic E-state index is -0.298. The van der Waals surface area contributed by atoms with Crippen molar-refractivity contribution in [2.45, 2.75) is 19.3 Å². The average molecular weight is 379 g/mol. The summed E-state index contributed by atoms with van der Waals surface area (Å²) in [5.41, 5.74) is 2.46. The zero-order valence-corrected chi connectivity index (χ0v) is 15.7. The normalized spacial score (nSPS) is 14.1. The average Bonchev–Trinajstić information content (AvgIpc) is 2.75. The third kappa shape index (κ3) is 3.63. The molecule has 0 unspecified atom stereocenters. The molecule has 3 aromatic rings. The Balaban J connectivity index is 1.79. The molecular weight excluding hydrogens is 357 g/mol. The van der Waals surface area contributed by atoms with Gasteiger partial charge in [-0.3, -0.25) is 4.79 Å². The van der Waals surface area contributed by atoms with Crippen LogP contribution < -0.4 is 10.1 Å². The fourth-order valence-corrected chi connectivity index (χ4v) is 3.55. The van der Waals surface area contributed by atoms with Gasteiger partial charge in [0.1, 0.15) is 22.8 Å². The number of hydrogen-bond acceptors (Lipinski definition) is 4. The van der Waals surface area contributed by atoms with Gasteiger partial charge in [0.15, 0.2) is 0 Å². The molecule has 0 bridgehead atoms. The number of hydrogen-bond donors (Lipinski definition) is 1. The molecule has 0 radical (unpaired) electrons. The van der Waals surface area contributed by atoms with Gasteiger partial charge in [0.2, 0.25) is 0 Å².